The number of hydrogen-bond acceptors (Lipinski definition) is 7. The zero-order valence-electron chi connectivity index (χ0n) is 24.5. The summed E-state index contributed by atoms with van der Waals surface area (Å²) in [6.45, 7) is 3.75. The molecule has 0 unspecified atom stereocenters. The van der Waals surface area contributed by atoms with Crippen molar-refractivity contribution in [1.29, 1.82) is 0 Å². The highest BCUT2D eigenvalue weighted by Crippen LogP contribution is 2.23. The first-order valence-electron chi connectivity index (χ1n) is 14.1. The Morgan fingerprint density at radius 2 is 1.79 bits per heavy atom. The molecular weight excluding hydrogens is 570 g/mol. The molecule has 43 heavy (non-hydrogen) atoms. The molecule has 0 aliphatic carbocycles. The number of ether oxygens (including phenoxy) is 1. The van der Waals surface area contributed by atoms with Crippen molar-refractivity contribution in [3.8, 4) is 5.75 Å². The highest BCUT2D eigenvalue weighted by Gasteiger charge is 2.37. The van der Waals surface area contributed by atoms with Crippen molar-refractivity contribution in [1.82, 2.24) is 14.9 Å². The van der Waals surface area contributed by atoms with E-state index in [0.29, 0.717) is 17.1 Å². The Hall–Kier alpha value is -4.13. The number of anilines is 2. The van der Waals surface area contributed by atoms with Gasteiger partial charge >= 0.3 is 6.03 Å². The van der Waals surface area contributed by atoms with Gasteiger partial charge in [0, 0.05) is 24.5 Å². The summed E-state index contributed by atoms with van der Waals surface area (Å²) in [4.78, 5) is 27.7. The minimum absolute atomic E-state index is 0.0332. The van der Waals surface area contributed by atoms with E-state index >= 15 is 0 Å². The lowest BCUT2D eigenvalue weighted by Crippen LogP contribution is -2.54. The molecule has 1 aliphatic rings. The monoisotopic (exact) mass is 609 g/mol. The molecule has 3 atom stereocenters. The van der Waals surface area contributed by atoms with Gasteiger partial charge in [0.25, 0.3) is 0 Å². The Morgan fingerprint density at radius 3 is 2.42 bits per heavy atom. The average molecular weight is 610 g/mol. The molecule has 1 aliphatic heterocycles. The number of amides is 3. The van der Waals surface area contributed by atoms with E-state index in [1.54, 1.807) is 36.4 Å². The van der Waals surface area contributed by atoms with E-state index in [4.69, 9.17) is 10.5 Å². The van der Waals surface area contributed by atoms with E-state index in [9.17, 15) is 23.1 Å². The quantitative estimate of drug-likeness (QED) is 0.217. The molecule has 5 N–H and O–H groups in total. The van der Waals surface area contributed by atoms with E-state index in [1.807, 2.05) is 44.2 Å². The van der Waals surface area contributed by atoms with Crippen molar-refractivity contribution < 1.29 is 27.9 Å². The van der Waals surface area contributed by atoms with Crippen LogP contribution < -0.4 is 26.0 Å². The standard InChI is InChI=1S/C31H39N5O6S/c1-21(2)18-35(43(40,41)26-14-12-25(42-3)13-15-26)20-29(37)27(16-22-8-5-4-6-9-22)33-30(38)28-19-36(31(39)34-28)24-11-7-10-23(32)17-24/h4-15,17,21,27-29,37H,16,18-20,32H2,1-3H3,(H,33,38)(H,34,39)/t27-,28-,29+/m0/s1. The summed E-state index contributed by atoms with van der Waals surface area (Å²) in [5.74, 6) is -0.00409. The van der Waals surface area contributed by atoms with Crippen LogP contribution in [0.5, 0.6) is 5.75 Å². The van der Waals surface area contributed by atoms with Gasteiger partial charge in [0.1, 0.15) is 11.8 Å². The molecule has 0 spiro atoms. The minimum atomic E-state index is -3.98. The summed E-state index contributed by atoms with van der Waals surface area (Å²) in [6, 6.07) is 20.0. The minimum Gasteiger partial charge on any atom is -0.497 e. The number of aliphatic hydroxyl groups is 1. The zero-order chi connectivity index (χ0) is 31.1. The number of benzene rings is 3. The SMILES string of the molecule is COc1ccc(S(=O)(=O)N(CC(C)C)C[C@@H](O)[C@H](Cc2ccccc2)NC(=O)[C@@H]2CN(c3cccc(N)c3)C(=O)N2)cc1. The summed E-state index contributed by atoms with van der Waals surface area (Å²) >= 11 is 0. The number of sulfonamides is 1. The number of rotatable bonds is 13. The number of carbonyl (C=O) groups is 2. The third-order valence-electron chi connectivity index (χ3n) is 7.15. The lowest BCUT2D eigenvalue weighted by molar-refractivity contribution is -0.124. The Kier molecular flexibility index (Phi) is 10.3. The molecule has 11 nitrogen and oxygen atoms in total. The van der Waals surface area contributed by atoms with Crippen LogP contribution in [0.1, 0.15) is 19.4 Å². The highest BCUT2D eigenvalue weighted by molar-refractivity contribution is 7.89. The largest absolute Gasteiger partial charge is 0.497 e. The van der Waals surface area contributed by atoms with E-state index < -0.39 is 40.1 Å². The fourth-order valence-corrected chi connectivity index (χ4v) is 6.57. The number of carbonyl (C=O) groups excluding carboxylic acids is 2. The second-order valence-corrected chi connectivity index (χ2v) is 12.9. The molecule has 0 radical (unpaired) electrons. The molecule has 3 aromatic rings. The first-order valence-corrected chi connectivity index (χ1v) is 15.5. The Bertz CT molecular complexity index is 1500. The summed E-state index contributed by atoms with van der Waals surface area (Å²) in [6.07, 6.45) is -1.02. The van der Waals surface area contributed by atoms with Crippen molar-refractivity contribution in [2.45, 2.75) is 43.4 Å². The maximum Gasteiger partial charge on any atom is 0.322 e. The van der Waals surface area contributed by atoms with E-state index in [-0.39, 0.29) is 36.9 Å². The van der Waals surface area contributed by atoms with Crippen LogP contribution in [0.2, 0.25) is 0 Å². The number of nitrogens with zero attached hydrogens (tertiary/aromatic N) is 2. The van der Waals surface area contributed by atoms with Gasteiger partial charge in [-0.15, -0.1) is 0 Å². The van der Waals surface area contributed by atoms with Gasteiger partial charge in [-0.2, -0.15) is 4.31 Å². The molecule has 3 amide bonds. The number of nitrogens with one attached hydrogen (secondary N) is 2. The number of nitrogens with two attached hydrogens (primary N) is 1. The number of urea groups is 1. The molecule has 1 saturated heterocycles. The van der Waals surface area contributed by atoms with Gasteiger partial charge in [0.05, 0.1) is 30.7 Å². The molecule has 4 rings (SSSR count). The van der Waals surface area contributed by atoms with Gasteiger partial charge in [-0.1, -0.05) is 50.2 Å². The van der Waals surface area contributed by atoms with Crippen LogP contribution in [0.4, 0.5) is 16.2 Å². The van der Waals surface area contributed by atoms with Gasteiger partial charge in [0.2, 0.25) is 15.9 Å². The van der Waals surface area contributed by atoms with Crippen molar-refractivity contribution >= 4 is 33.3 Å². The fourth-order valence-electron chi connectivity index (χ4n) is 4.95. The Morgan fingerprint density at radius 1 is 1.09 bits per heavy atom. The van der Waals surface area contributed by atoms with Crippen LogP contribution in [-0.4, -0.2) is 74.7 Å². The summed E-state index contributed by atoms with van der Waals surface area (Å²) in [5, 5.41) is 17.1. The molecule has 12 heteroatoms. The van der Waals surface area contributed by atoms with E-state index in [1.165, 1.54) is 28.4 Å². The second-order valence-electron chi connectivity index (χ2n) is 11.0. The number of methoxy groups -OCH3 is 1. The van der Waals surface area contributed by atoms with Crippen molar-refractivity contribution in [3.63, 3.8) is 0 Å². The molecule has 1 heterocycles. The van der Waals surface area contributed by atoms with Gasteiger partial charge in [-0.3, -0.25) is 9.69 Å². The maximum absolute atomic E-state index is 13.7. The van der Waals surface area contributed by atoms with Gasteiger partial charge in [-0.05, 0) is 60.4 Å². The number of nitrogen functional groups attached to an aromatic ring is 1. The van der Waals surface area contributed by atoms with Crippen LogP contribution in [0, 0.1) is 5.92 Å². The van der Waals surface area contributed by atoms with Gasteiger partial charge < -0.3 is 26.2 Å². The van der Waals surface area contributed by atoms with Crippen molar-refractivity contribution in [2.24, 2.45) is 5.92 Å². The Labute approximate surface area is 252 Å². The molecular formula is C31H39N5O6S. The lowest BCUT2D eigenvalue weighted by atomic mass is 10.0. The number of hydrogen-bond donors (Lipinski definition) is 4. The summed E-state index contributed by atoms with van der Waals surface area (Å²) in [7, 11) is -2.49. The van der Waals surface area contributed by atoms with Crippen LogP contribution in [0.25, 0.3) is 0 Å². The molecule has 0 saturated carbocycles. The molecule has 1 fully saturated rings. The van der Waals surface area contributed by atoms with E-state index in [2.05, 4.69) is 10.6 Å². The molecule has 230 valence electrons. The zero-order valence-corrected chi connectivity index (χ0v) is 25.3. The van der Waals surface area contributed by atoms with Crippen molar-refractivity contribution in [3.05, 3.63) is 84.4 Å². The summed E-state index contributed by atoms with van der Waals surface area (Å²) < 4.78 is 33.7. The predicted octanol–water partition coefficient (Wildman–Crippen LogP) is 2.61. The first-order chi connectivity index (χ1) is 20.5. The third kappa shape index (κ3) is 8.04. The van der Waals surface area contributed by atoms with Crippen molar-refractivity contribution in [2.75, 3.05) is 37.4 Å². The van der Waals surface area contributed by atoms with Gasteiger partial charge in [-0.25, -0.2) is 13.2 Å². The third-order valence-corrected chi connectivity index (χ3v) is 9.00. The first kappa shape index (κ1) is 31.8. The molecule has 0 bridgehead atoms. The second kappa shape index (κ2) is 13.9. The number of aliphatic hydroxyl groups excluding tert-OH is 1. The van der Waals surface area contributed by atoms with Crippen LogP contribution in [-0.2, 0) is 21.2 Å². The van der Waals surface area contributed by atoms with E-state index in [0.717, 1.165) is 5.56 Å². The van der Waals surface area contributed by atoms with Crippen LogP contribution >= 0.6 is 0 Å². The predicted molar refractivity (Wildman–Crippen MR) is 165 cm³/mol. The Balaban J connectivity index is 1.55. The van der Waals surface area contributed by atoms with Crippen LogP contribution in [0.15, 0.2) is 83.8 Å². The maximum atomic E-state index is 13.7. The normalized spacial score (nSPS) is 16.7. The molecule has 0 aromatic heterocycles. The molecule has 3 aromatic carbocycles. The average Bonchev–Trinajstić information content (AvgIpc) is 3.38. The summed E-state index contributed by atoms with van der Waals surface area (Å²) in [5.41, 5.74) is 7.76. The topological polar surface area (TPSA) is 154 Å². The van der Waals surface area contributed by atoms with Gasteiger partial charge in [0.15, 0.2) is 0 Å². The van der Waals surface area contributed by atoms with Crippen LogP contribution in [0.3, 0.4) is 0 Å². The highest BCUT2D eigenvalue weighted by atomic mass is 32.2. The lowest BCUT2D eigenvalue weighted by Gasteiger charge is -2.31. The fraction of sp³-hybridized carbons (Fsp3) is 0.355. The smallest absolute Gasteiger partial charge is 0.322 e.